The lowest BCUT2D eigenvalue weighted by Gasteiger charge is -2.35. The SMILES string of the molecule is CC(C)(C)OC(=O)N[C@@]1(c2ncc(C=O)cn2)CNC[C@@H]1c1cc(F)ccc1F. The number of carbonyl (C=O) groups excluding carboxylic acids is 2. The minimum atomic E-state index is -1.31. The summed E-state index contributed by atoms with van der Waals surface area (Å²) in [7, 11) is 0. The zero-order chi connectivity index (χ0) is 21.2. The summed E-state index contributed by atoms with van der Waals surface area (Å²) in [4.78, 5) is 32.0. The highest BCUT2D eigenvalue weighted by molar-refractivity contribution is 5.73. The van der Waals surface area contributed by atoms with Crippen molar-refractivity contribution in [3.05, 3.63) is 59.2 Å². The molecule has 1 aliphatic heterocycles. The van der Waals surface area contributed by atoms with Crippen LogP contribution in [0, 0.1) is 11.6 Å². The van der Waals surface area contributed by atoms with Crippen LogP contribution in [-0.4, -0.2) is 41.0 Å². The molecular formula is C20H22F2N4O3. The standard InChI is InChI=1S/C20H22F2N4O3/c1-19(2,3)29-18(28)26-20(17-24-7-12(10-27)8-25-17)11-23-9-15(20)14-6-13(21)4-5-16(14)22/h4-8,10,15,23H,9,11H2,1-3H3,(H,26,28)/t15-,20+/m1/s1. The van der Waals surface area contributed by atoms with Crippen LogP contribution in [0.4, 0.5) is 13.6 Å². The van der Waals surface area contributed by atoms with E-state index in [9.17, 15) is 18.4 Å². The lowest BCUT2D eigenvalue weighted by atomic mass is 9.80. The number of nitrogens with one attached hydrogen (secondary N) is 2. The maximum Gasteiger partial charge on any atom is 0.408 e. The fourth-order valence-electron chi connectivity index (χ4n) is 3.41. The Bertz CT molecular complexity index is 915. The molecule has 3 rings (SSSR count). The molecule has 1 aromatic carbocycles. The van der Waals surface area contributed by atoms with Gasteiger partial charge in [-0.25, -0.2) is 23.5 Å². The molecule has 7 nitrogen and oxygen atoms in total. The molecule has 0 spiro atoms. The van der Waals surface area contributed by atoms with Crippen LogP contribution in [0.5, 0.6) is 0 Å². The fraction of sp³-hybridized carbons (Fsp3) is 0.400. The average Bonchev–Trinajstić information content (AvgIpc) is 3.06. The molecule has 29 heavy (non-hydrogen) atoms. The van der Waals surface area contributed by atoms with Gasteiger partial charge in [-0.3, -0.25) is 4.79 Å². The second-order valence-electron chi connectivity index (χ2n) is 7.91. The van der Waals surface area contributed by atoms with E-state index in [1.165, 1.54) is 12.4 Å². The number of aromatic nitrogens is 2. The quantitative estimate of drug-likeness (QED) is 0.761. The van der Waals surface area contributed by atoms with Crippen LogP contribution in [0.15, 0.2) is 30.6 Å². The number of benzene rings is 1. The van der Waals surface area contributed by atoms with E-state index in [4.69, 9.17) is 4.74 Å². The van der Waals surface area contributed by atoms with Crippen LogP contribution in [0.2, 0.25) is 0 Å². The van der Waals surface area contributed by atoms with Crippen LogP contribution in [0.3, 0.4) is 0 Å². The fourth-order valence-corrected chi connectivity index (χ4v) is 3.41. The second kappa shape index (κ2) is 7.82. The number of hydrogen-bond donors (Lipinski definition) is 2. The number of amides is 1. The van der Waals surface area contributed by atoms with Crippen molar-refractivity contribution in [2.45, 2.75) is 37.8 Å². The Morgan fingerprint density at radius 2 is 2.00 bits per heavy atom. The van der Waals surface area contributed by atoms with E-state index in [2.05, 4.69) is 20.6 Å². The summed E-state index contributed by atoms with van der Waals surface area (Å²) < 4.78 is 33.8. The van der Waals surface area contributed by atoms with Crippen molar-refractivity contribution in [1.82, 2.24) is 20.6 Å². The van der Waals surface area contributed by atoms with E-state index in [1.54, 1.807) is 20.8 Å². The van der Waals surface area contributed by atoms with Crippen molar-refractivity contribution in [1.29, 1.82) is 0 Å². The molecular weight excluding hydrogens is 382 g/mol. The number of carbonyl (C=O) groups is 2. The van der Waals surface area contributed by atoms with Crippen LogP contribution in [0.25, 0.3) is 0 Å². The van der Waals surface area contributed by atoms with Crippen molar-refractivity contribution in [3.63, 3.8) is 0 Å². The number of ether oxygens (including phenoxy) is 1. The Hall–Kier alpha value is -2.94. The molecule has 2 N–H and O–H groups in total. The van der Waals surface area contributed by atoms with Crippen LogP contribution < -0.4 is 10.6 Å². The summed E-state index contributed by atoms with van der Waals surface area (Å²) in [5.41, 5.74) is -1.74. The molecule has 1 fully saturated rings. The minimum Gasteiger partial charge on any atom is -0.444 e. The first-order valence-corrected chi connectivity index (χ1v) is 9.09. The van der Waals surface area contributed by atoms with Gasteiger partial charge in [0.25, 0.3) is 0 Å². The molecule has 0 bridgehead atoms. The lowest BCUT2D eigenvalue weighted by Crippen LogP contribution is -2.53. The van der Waals surface area contributed by atoms with Gasteiger partial charge in [0.05, 0.1) is 5.56 Å². The van der Waals surface area contributed by atoms with Crippen molar-refractivity contribution in [3.8, 4) is 0 Å². The predicted octanol–water partition coefficient (Wildman–Crippen LogP) is 2.67. The summed E-state index contributed by atoms with van der Waals surface area (Å²) in [6.07, 6.45) is 2.47. The van der Waals surface area contributed by atoms with E-state index < -0.39 is 34.8 Å². The molecule has 1 saturated heterocycles. The highest BCUT2D eigenvalue weighted by Crippen LogP contribution is 2.40. The lowest BCUT2D eigenvalue weighted by molar-refractivity contribution is 0.0444. The highest BCUT2D eigenvalue weighted by atomic mass is 19.1. The molecule has 1 aliphatic rings. The van der Waals surface area contributed by atoms with Gasteiger partial charge in [0.1, 0.15) is 22.8 Å². The third-order valence-corrected chi connectivity index (χ3v) is 4.61. The molecule has 2 atom stereocenters. The van der Waals surface area contributed by atoms with E-state index in [0.29, 0.717) is 6.29 Å². The molecule has 154 valence electrons. The molecule has 2 heterocycles. The first-order chi connectivity index (χ1) is 13.6. The van der Waals surface area contributed by atoms with E-state index in [1.807, 2.05) is 0 Å². The molecule has 0 saturated carbocycles. The number of alkyl carbamates (subject to hydrolysis) is 1. The average molecular weight is 404 g/mol. The van der Waals surface area contributed by atoms with Crippen molar-refractivity contribution in [2.24, 2.45) is 0 Å². The van der Waals surface area contributed by atoms with Gasteiger partial charge in [-0.2, -0.15) is 0 Å². The summed E-state index contributed by atoms with van der Waals surface area (Å²) in [5.74, 6) is -1.77. The monoisotopic (exact) mass is 404 g/mol. The van der Waals surface area contributed by atoms with Gasteiger partial charge in [0.2, 0.25) is 0 Å². The van der Waals surface area contributed by atoms with Gasteiger partial charge in [0.15, 0.2) is 12.1 Å². The zero-order valence-electron chi connectivity index (χ0n) is 16.3. The van der Waals surface area contributed by atoms with Crippen LogP contribution in [0.1, 0.15) is 48.4 Å². The third-order valence-electron chi connectivity index (χ3n) is 4.61. The molecule has 0 unspecified atom stereocenters. The van der Waals surface area contributed by atoms with Gasteiger partial charge in [0, 0.05) is 31.4 Å². The number of aldehydes is 1. The zero-order valence-corrected chi connectivity index (χ0v) is 16.3. The first kappa shape index (κ1) is 20.8. The Kier molecular flexibility index (Phi) is 5.61. The van der Waals surface area contributed by atoms with Gasteiger partial charge >= 0.3 is 6.09 Å². The number of nitrogens with zero attached hydrogens (tertiary/aromatic N) is 2. The van der Waals surface area contributed by atoms with Crippen LogP contribution in [-0.2, 0) is 10.3 Å². The maximum absolute atomic E-state index is 14.6. The molecule has 0 radical (unpaired) electrons. The summed E-state index contributed by atoms with van der Waals surface area (Å²) >= 11 is 0. The van der Waals surface area contributed by atoms with Crippen molar-refractivity contribution >= 4 is 12.4 Å². The second-order valence-corrected chi connectivity index (χ2v) is 7.91. The minimum absolute atomic E-state index is 0.0779. The normalized spacial score (nSPS) is 21.6. The molecule has 2 aromatic rings. The van der Waals surface area contributed by atoms with Crippen molar-refractivity contribution in [2.75, 3.05) is 13.1 Å². The van der Waals surface area contributed by atoms with Gasteiger partial charge in [-0.05, 0) is 44.5 Å². The van der Waals surface area contributed by atoms with E-state index in [0.717, 1.165) is 18.2 Å². The maximum atomic E-state index is 14.6. The van der Waals surface area contributed by atoms with Crippen molar-refractivity contribution < 1.29 is 23.1 Å². The Morgan fingerprint density at radius 3 is 2.62 bits per heavy atom. The number of rotatable bonds is 4. The largest absolute Gasteiger partial charge is 0.444 e. The third kappa shape index (κ3) is 4.40. The first-order valence-electron chi connectivity index (χ1n) is 9.09. The summed E-state index contributed by atoms with van der Waals surface area (Å²) in [6.45, 7) is 5.55. The number of hydrogen-bond acceptors (Lipinski definition) is 6. The summed E-state index contributed by atoms with van der Waals surface area (Å²) in [6, 6.07) is 3.16. The van der Waals surface area contributed by atoms with E-state index in [-0.39, 0.29) is 30.0 Å². The smallest absolute Gasteiger partial charge is 0.408 e. The Labute approximate surface area is 166 Å². The van der Waals surface area contributed by atoms with Crippen LogP contribution >= 0.6 is 0 Å². The molecule has 1 aromatic heterocycles. The summed E-state index contributed by atoms with van der Waals surface area (Å²) in [5, 5.41) is 5.87. The van der Waals surface area contributed by atoms with Gasteiger partial charge in [-0.15, -0.1) is 0 Å². The van der Waals surface area contributed by atoms with E-state index >= 15 is 0 Å². The molecule has 0 aliphatic carbocycles. The molecule has 1 amide bonds. The van der Waals surface area contributed by atoms with Gasteiger partial charge < -0.3 is 15.4 Å². The predicted molar refractivity (Wildman–Crippen MR) is 100 cm³/mol. The topological polar surface area (TPSA) is 93.2 Å². The molecule has 9 heteroatoms. The number of halogens is 2. The van der Waals surface area contributed by atoms with Gasteiger partial charge in [-0.1, -0.05) is 0 Å². The Morgan fingerprint density at radius 1 is 1.31 bits per heavy atom. The Balaban J connectivity index is 2.09. The highest BCUT2D eigenvalue weighted by Gasteiger charge is 2.50.